The Morgan fingerprint density at radius 2 is 2.12 bits per heavy atom. The van der Waals surface area contributed by atoms with Crippen LogP contribution in [0.3, 0.4) is 0 Å². The van der Waals surface area contributed by atoms with E-state index in [0.717, 1.165) is 48.8 Å². The number of para-hydroxylation sites is 1. The smallest absolute Gasteiger partial charge is 0.150 e. The number of nitrogens with one attached hydrogen (secondary N) is 1. The van der Waals surface area contributed by atoms with Gasteiger partial charge in [-0.2, -0.15) is 5.10 Å². The van der Waals surface area contributed by atoms with E-state index in [2.05, 4.69) is 32.6 Å². The number of aromatic nitrogens is 6. The number of aryl methyl sites for hydroxylation is 2. The van der Waals surface area contributed by atoms with Crippen LogP contribution < -0.4 is 5.32 Å². The highest BCUT2D eigenvalue weighted by atomic mass is 15.4. The van der Waals surface area contributed by atoms with Crippen LogP contribution in [0.5, 0.6) is 0 Å². The summed E-state index contributed by atoms with van der Waals surface area (Å²) in [5.41, 5.74) is 1.96. The van der Waals surface area contributed by atoms with E-state index in [4.69, 9.17) is 0 Å². The van der Waals surface area contributed by atoms with E-state index in [-0.39, 0.29) is 0 Å². The maximum absolute atomic E-state index is 4.56. The average Bonchev–Trinajstić information content (AvgIpc) is 3.27. The maximum atomic E-state index is 4.56. The summed E-state index contributed by atoms with van der Waals surface area (Å²) >= 11 is 0. The van der Waals surface area contributed by atoms with Crippen molar-refractivity contribution in [3.63, 3.8) is 0 Å². The molecule has 0 spiro atoms. The van der Waals surface area contributed by atoms with E-state index in [0.29, 0.717) is 12.6 Å². The van der Waals surface area contributed by atoms with Crippen LogP contribution in [-0.2, 0) is 25.9 Å². The molecule has 0 bridgehead atoms. The Balaban J connectivity index is 1.37. The first-order valence-corrected chi connectivity index (χ1v) is 8.44. The first-order valence-electron chi connectivity index (χ1n) is 8.44. The summed E-state index contributed by atoms with van der Waals surface area (Å²) in [4.78, 5) is 4.56. The molecule has 4 rings (SSSR count). The molecule has 1 N–H and O–H groups in total. The zero-order chi connectivity index (χ0) is 16.4. The minimum absolute atomic E-state index is 0.394. The van der Waals surface area contributed by atoms with Gasteiger partial charge in [-0.25, -0.2) is 14.3 Å². The highest BCUT2D eigenvalue weighted by Crippen LogP contribution is 2.14. The molecular formula is C17H21N7. The quantitative estimate of drug-likeness (QED) is 0.771. The predicted octanol–water partition coefficient (Wildman–Crippen LogP) is 1.53. The SMILES string of the molecule is CCc1nc2n(n1)CC(NCc1cn(-c3ccccc3)nn1)CC2. The highest BCUT2D eigenvalue weighted by Gasteiger charge is 2.21. The Bertz CT molecular complexity index is 805. The molecule has 24 heavy (non-hydrogen) atoms. The van der Waals surface area contributed by atoms with Crippen molar-refractivity contribution in [2.75, 3.05) is 0 Å². The Labute approximate surface area is 140 Å². The van der Waals surface area contributed by atoms with Crippen molar-refractivity contribution in [1.29, 1.82) is 0 Å². The summed E-state index contributed by atoms with van der Waals surface area (Å²) in [5.74, 6) is 2.05. The zero-order valence-corrected chi connectivity index (χ0v) is 13.8. The predicted molar refractivity (Wildman–Crippen MR) is 89.7 cm³/mol. The molecule has 0 saturated heterocycles. The molecule has 1 aromatic carbocycles. The molecule has 3 aromatic rings. The van der Waals surface area contributed by atoms with Gasteiger partial charge in [-0.1, -0.05) is 30.3 Å². The van der Waals surface area contributed by atoms with E-state index in [9.17, 15) is 0 Å². The summed E-state index contributed by atoms with van der Waals surface area (Å²) in [6, 6.07) is 10.4. The van der Waals surface area contributed by atoms with Gasteiger partial charge in [-0.15, -0.1) is 5.10 Å². The molecule has 1 unspecified atom stereocenters. The van der Waals surface area contributed by atoms with Crippen LogP contribution in [0.2, 0.25) is 0 Å². The molecular weight excluding hydrogens is 302 g/mol. The van der Waals surface area contributed by atoms with Crippen LogP contribution in [0.1, 0.15) is 30.7 Å². The molecule has 1 aliphatic rings. The third-order valence-corrected chi connectivity index (χ3v) is 4.35. The second kappa shape index (κ2) is 6.52. The van der Waals surface area contributed by atoms with E-state index in [1.807, 2.05) is 41.2 Å². The van der Waals surface area contributed by atoms with Crippen molar-refractivity contribution in [3.8, 4) is 5.69 Å². The average molecular weight is 323 g/mol. The van der Waals surface area contributed by atoms with Crippen LogP contribution in [-0.4, -0.2) is 35.8 Å². The Morgan fingerprint density at radius 1 is 1.25 bits per heavy atom. The highest BCUT2D eigenvalue weighted by molar-refractivity contribution is 5.29. The molecule has 3 heterocycles. The lowest BCUT2D eigenvalue weighted by atomic mass is 10.1. The fraction of sp³-hybridized carbons (Fsp3) is 0.412. The molecule has 1 atom stereocenters. The van der Waals surface area contributed by atoms with Crippen LogP contribution in [0.15, 0.2) is 36.5 Å². The molecule has 0 fully saturated rings. The Kier molecular flexibility index (Phi) is 4.08. The number of rotatable bonds is 5. The van der Waals surface area contributed by atoms with Gasteiger partial charge in [-0.05, 0) is 18.6 Å². The van der Waals surface area contributed by atoms with Gasteiger partial charge >= 0.3 is 0 Å². The Hall–Kier alpha value is -2.54. The van der Waals surface area contributed by atoms with Crippen molar-refractivity contribution in [3.05, 3.63) is 53.9 Å². The van der Waals surface area contributed by atoms with Crippen LogP contribution >= 0.6 is 0 Å². The fourth-order valence-electron chi connectivity index (χ4n) is 3.01. The van der Waals surface area contributed by atoms with Crippen LogP contribution in [0.4, 0.5) is 0 Å². The number of benzene rings is 1. The molecule has 2 aromatic heterocycles. The molecule has 0 saturated carbocycles. The minimum atomic E-state index is 0.394. The molecule has 0 amide bonds. The number of hydrogen-bond donors (Lipinski definition) is 1. The largest absolute Gasteiger partial charge is 0.306 e. The topological polar surface area (TPSA) is 73.5 Å². The van der Waals surface area contributed by atoms with Crippen molar-refractivity contribution in [1.82, 2.24) is 35.1 Å². The van der Waals surface area contributed by atoms with E-state index < -0.39 is 0 Å². The molecule has 124 valence electrons. The first-order chi connectivity index (χ1) is 11.8. The number of fused-ring (bicyclic) bond motifs is 1. The second-order valence-corrected chi connectivity index (χ2v) is 6.09. The third kappa shape index (κ3) is 3.07. The minimum Gasteiger partial charge on any atom is -0.306 e. The number of nitrogens with zero attached hydrogens (tertiary/aromatic N) is 6. The molecule has 1 aliphatic heterocycles. The van der Waals surface area contributed by atoms with Crippen LogP contribution in [0, 0.1) is 0 Å². The zero-order valence-electron chi connectivity index (χ0n) is 13.8. The van der Waals surface area contributed by atoms with E-state index in [1.54, 1.807) is 4.68 Å². The molecule has 7 heteroatoms. The number of hydrogen-bond acceptors (Lipinski definition) is 5. The standard InChI is InChI=1S/C17H21N7/c1-2-16-19-17-9-8-13(11-24(17)21-16)18-10-14-12-23(22-20-14)15-6-4-3-5-7-15/h3-7,12-13,18H,2,8-11H2,1H3. The Morgan fingerprint density at radius 3 is 2.96 bits per heavy atom. The van der Waals surface area contributed by atoms with E-state index in [1.165, 1.54) is 0 Å². The molecule has 0 radical (unpaired) electrons. The lowest BCUT2D eigenvalue weighted by Gasteiger charge is -2.23. The van der Waals surface area contributed by atoms with Crippen molar-refractivity contribution < 1.29 is 0 Å². The summed E-state index contributed by atoms with van der Waals surface area (Å²) in [7, 11) is 0. The van der Waals surface area contributed by atoms with Gasteiger partial charge in [0.05, 0.1) is 24.1 Å². The van der Waals surface area contributed by atoms with Crippen LogP contribution in [0.25, 0.3) is 5.69 Å². The maximum Gasteiger partial charge on any atom is 0.150 e. The van der Waals surface area contributed by atoms with Crippen molar-refractivity contribution in [2.45, 2.75) is 45.3 Å². The second-order valence-electron chi connectivity index (χ2n) is 6.09. The van der Waals surface area contributed by atoms with Crippen molar-refractivity contribution in [2.24, 2.45) is 0 Å². The summed E-state index contributed by atoms with van der Waals surface area (Å²) in [5, 5.41) is 16.6. The third-order valence-electron chi connectivity index (χ3n) is 4.35. The summed E-state index contributed by atoms with van der Waals surface area (Å²) < 4.78 is 3.85. The normalized spacial score (nSPS) is 17.0. The fourth-order valence-corrected chi connectivity index (χ4v) is 3.01. The van der Waals surface area contributed by atoms with E-state index >= 15 is 0 Å². The van der Waals surface area contributed by atoms with Gasteiger partial charge in [0.2, 0.25) is 0 Å². The summed E-state index contributed by atoms with van der Waals surface area (Å²) in [6.45, 7) is 3.67. The van der Waals surface area contributed by atoms with Gasteiger partial charge in [0.15, 0.2) is 5.82 Å². The van der Waals surface area contributed by atoms with Gasteiger partial charge in [0.1, 0.15) is 5.82 Å². The van der Waals surface area contributed by atoms with Gasteiger partial charge in [0.25, 0.3) is 0 Å². The molecule has 0 aliphatic carbocycles. The monoisotopic (exact) mass is 323 g/mol. The van der Waals surface area contributed by atoms with Gasteiger partial charge in [0, 0.05) is 25.4 Å². The van der Waals surface area contributed by atoms with Gasteiger partial charge < -0.3 is 5.32 Å². The lowest BCUT2D eigenvalue weighted by molar-refractivity contribution is 0.356. The summed E-state index contributed by atoms with van der Waals surface area (Å²) in [6.07, 6.45) is 4.91. The van der Waals surface area contributed by atoms with Gasteiger partial charge in [-0.3, -0.25) is 0 Å². The first kappa shape index (κ1) is 15.0. The van der Waals surface area contributed by atoms with Crippen molar-refractivity contribution >= 4 is 0 Å². The molecule has 7 nitrogen and oxygen atoms in total. The lowest BCUT2D eigenvalue weighted by Crippen LogP contribution is -2.37.